The molecule has 1 fully saturated rings. The number of carbonyl (C=O) groups excluding carboxylic acids is 1. The van der Waals surface area contributed by atoms with Gasteiger partial charge in [-0.15, -0.1) is 0 Å². The second-order valence-electron chi connectivity index (χ2n) is 6.64. The highest BCUT2D eigenvalue weighted by molar-refractivity contribution is 7.91. The third-order valence-corrected chi connectivity index (χ3v) is 6.09. The van der Waals surface area contributed by atoms with E-state index in [-0.39, 0.29) is 23.4 Å². The van der Waals surface area contributed by atoms with E-state index in [0.29, 0.717) is 6.42 Å². The molecule has 1 unspecified atom stereocenters. The molecule has 1 saturated heterocycles. The average molecular weight is 381 g/mol. The van der Waals surface area contributed by atoms with Crippen molar-refractivity contribution in [3.63, 3.8) is 0 Å². The van der Waals surface area contributed by atoms with E-state index in [1.165, 1.54) is 12.1 Å². The summed E-state index contributed by atoms with van der Waals surface area (Å²) in [5, 5.41) is 19.6. The fourth-order valence-electron chi connectivity index (χ4n) is 3.55. The largest absolute Gasteiger partial charge is 0.506 e. The first-order chi connectivity index (χ1) is 12.3. The molecule has 0 spiro atoms. The van der Waals surface area contributed by atoms with Crippen molar-refractivity contribution in [1.29, 1.82) is 0 Å². The molecular weight excluding hydrogens is 358 g/mol. The van der Waals surface area contributed by atoms with Gasteiger partial charge in [-0.3, -0.25) is 4.79 Å². The number of aryl methyl sites for hydroxylation is 1. The number of phenols is 1. The summed E-state index contributed by atoms with van der Waals surface area (Å²) < 4.78 is 26.5. The summed E-state index contributed by atoms with van der Waals surface area (Å²) in [5.41, 5.74) is 0.923. The Morgan fingerprint density at radius 1 is 1.31 bits per heavy atom. The molecular formula is C17H23N3O5S. The van der Waals surface area contributed by atoms with Crippen molar-refractivity contribution < 1.29 is 23.4 Å². The lowest BCUT2D eigenvalue weighted by atomic mass is 9.95. The van der Waals surface area contributed by atoms with Crippen LogP contribution < -0.4 is 9.03 Å². The quantitative estimate of drug-likeness (QED) is 0.736. The number of hydrogen-bond acceptors (Lipinski definition) is 5. The molecule has 2 aliphatic heterocycles. The van der Waals surface area contributed by atoms with Gasteiger partial charge in [-0.2, -0.15) is 8.42 Å². The highest BCUT2D eigenvalue weighted by atomic mass is 32.2. The summed E-state index contributed by atoms with van der Waals surface area (Å²) >= 11 is 0. The molecule has 1 aromatic rings. The van der Waals surface area contributed by atoms with Crippen LogP contribution in [-0.2, 0) is 21.4 Å². The van der Waals surface area contributed by atoms with Crippen LogP contribution >= 0.6 is 0 Å². The summed E-state index contributed by atoms with van der Waals surface area (Å²) in [7, 11) is -3.93. The minimum Gasteiger partial charge on any atom is -0.506 e. The van der Waals surface area contributed by atoms with Gasteiger partial charge >= 0.3 is 10.2 Å². The molecule has 2 aliphatic rings. The number of aliphatic hydroxyl groups excluding tert-OH is 1. The van der Waals surface area contributed by atoms with Gasteiger partial charge in [0.25, 0.3) is 0 Å². The monoisotopic (exact) mass is 381 g/mol. The Balaban J connectivity index is 1.71. The Morgan fingerprint density at radius 2 is 2.08 bits per heavy atom. The molecule has 9 heteroatoms. The summed E-state index contributed by atoms with van der Waals surface area (Å²) in [6.07, 6.45) is 5.58. The summed E-state index contributed by atoms with van der Waals surface area (Å²) in [6.45, 7) is 2.38. The number of benzene rings is 1. The molecule has 2 heterocycles. The van der Waals surface area contributed by atoms with Gasteiger partial charge < -0.3 is 15.1 Å². The van der Waals surface area contributed by atoms with Crippen LogP contribution in [0.3, 0.4) is 0 Å². The van der Waals surface area contributed by atoms with E-state index in [4.69, 9.17) is 0 Å². The maximum absolute atomic E-state index is 11.9. The maximum atomic E-state index is 11.9. The molecule has 0 radical (unpaired) electrons. The molecule has 1 aromatic carbocycles. The number of piperidine rings is 1. The Morgan fingerprint density at radius 3 is 2.69 bits per heavy atom. The lowest BCUT2D eigenvalue weighted by molar-refractivity contribution is -0.132. The number of anilines is 1. The van der Waals surface area contributed by atoms with Crippen molar-refractivity contribution in [3.8, 4) is 5.75 Å². The van der Waals surface area contributed by atoms with Crippen LogP contribution in [0.5, 0.6) is 5.75 Å². The van der Waals surface area contributed by atoms with Gasteiger partial charge in [-0.1, -0.05) is 6.07 Å². The number of likely N-dealkylation sites (tertiary alicyclic amines) is 1. The van der Waals surface area contributed by atoms with Crippen molar-refractivity contribution in [2.24, 2.45) is 0 Å². The summed E-state index contributed by atoms with van der Waals surface area (Å²) in [4.78, 5) is 13.7. The Labute approximate surface area is 152 Å². The third kappa shape index (κ3) is 3.72. The van der Waals surface area contributed by atoms with Gasteiger partial charge in [0.15, 0.2) is 0 Å². The summed E-state index contributed by atoms with van der Waals surface area (Å²) in [6, 6.07) is 4.97. The number of nitrogens with one attached hydrogen (secondary N) is 1. The normalized spacial score (nSPS) is 22.0. The molecule has 0 aliphatic carbocycles. The SMILES string of the molecule is CC(=O)N1CCCCC1CCc1ccc(N2C=C(O)NS2(=O)=O)c(O)c1. The number of nitrogens with zero attached hydrogens (tertiary/aromatic N) is 2. The first kappa shape index (κ1) is 18.4. The van der Waals surface area contributed by atoms with Gasteiger partial charge in [0.1, 0.15) is 11.4 Å². The second kappa shape index (κ2) is 7.06. The second-order valence-corrected chi connectivity index (χ2v) is 8.19. The van der Waals surface area contributed by atoms with Crippen LogP contribution in [0.1, 0.15) is 38.2 Å². The lowest BCUT2D eigenvalue weighted by Gasteiger charge is -2.35. The van der Waals surface area contributed by atoms with Gasteiger partial charge in [0, 0.05) is 19.5 Å². The van der Waals surface area contributed by atoms with E-state index in [2.05, 4.69) is 0 Å². The summed E-state index contributed by atoms with van der Waals surface area (Å²) in [5.74, 6) is -0.604. The van der Waals surface area contributed by atoms with E-state index < -0.39 is 16.1 Å². The number of aliphatic hydroxyl groups is 1. The van der Waals surface area contributed by atoms with Crippen LogP contribution in [0, 0.1) is 0 Å². The standard InChI is InChI=1S/C17H23N3O5S/c1-12(21)19-9-3-2-4-14(19)7-5-13-6-8-15(16(22)10-13)20-11-17(23)18-26(20,24)25/h6,8,10-11,14,18,22-23H,2-5,7,9H2,1H3. The number of phenolic OH excluding ortho intramolecular Hbond substituents is 1. The number of hydrogen-bond donors (Lipinski definition) is 3. The first-order valence-corrected chi connectivity index (χ1v) is 10.0. The third-order valence-electron chi connectivity index (χ3n) is 4.81. The topological polar surface area (TPSA) is 110 Å². The average Bonchev–Trinajstić information content (AvgIpc) is 2.85. The molecule has 1 atom stereocenters. The lowest BCUT2D eigenvalue weighted by Crippen LogP contribution is -2.42. The highest BCUT2D eigenvalue weighted by Gasteiger charge is 2.30. The van der Waals surface area contributed by atoms with E-state index >= 15 is 0 Å². The first-order valence-electron chi connectivity index (χ1n) is 8.60. The molecule has 0 saturated carbocycles. The van der Waals surface area contributed by atoms with E-state index in [1.807, 2.05) is 9.62 Å². The Kier molecular flexibility index (Phi) is 4.99. The molecule has 1 amide bonds. The van der Waals surface area contributed by atoms with Crippen molar-refractivity contribution >= 4 is 21.8 Å². The van der Waals surface area contributed by atoms with Crippen molar-refractivity contribution in [1.82, 2.24) is 9.62 Å². The number of rotatable bonds is 4. The molecule has 8 nitrogen and oxygen atoms in total. The van der Waals surface area contributed by atoms with E-state index in [1.54, 1.807) is 13.0 Å². The van der Waals surface area contributed by atoms with Crippen molar-refractivity contribution in [2.45, 2.75) is 45.1 Å². The van der Waals surface area contributed by atoms with Crippen LogP contribution in [-0.4, -0.2) is 42.0 Å². The minimum atomic E-state index is -3.93. The van der Waals surface area contributed by atoms with Gasteiger partial charge in [0.05, 0.1) is 6.20 Å². The van der Waals surface area contributed by atoms with Crippen LogP contribution in [0.4, 0.5) is 5.69 Å². The Bertz CT molecular complexity index is 837. The van der Waals surface area contributed by atoms with Crippen molar-refractivity contribution in [2.75, 3.05) is 10.8 Å². The van der Waals surface area contributed by atoms with Crippen LogP contribution in [0.15, 0.2) is 30.3 Å². The molecule has 26 heavy (non-hydrogen) atoms. The Hall–Kier alpha value is -2.42. The number of carbonyl (C=O) groups is 1. The molecule has 3 rings (SSSR count). The van der Waals surface area contributed by atoms with E-state index in [0.717, 1.165) is 48.3 Å². The molecule has 3 N–H and O–H groups in total. The number of aromatic hydroxyl groups is 1. The van der Waals surface area contributed by atoms with Gasteiger partial charge in [-0.05, 0) is 49.8 Å². The fourth-order valence-corrected chi connectivity index (χ4v) is 4.61. The molecule has 142 valence electrons. The van der Waals surface area contributed by atoms with Crippen LogP contribution in [0.25, 0.3) is 0 Å². The highest BCUT2D eigenvalue weighted by Crippen LogP contribution is 2.33. The maximum Gasteiger partial charge on any atom is 0.330 e. The number of amides is 1. The zero-order valence-corrected chi connectivity index (χ0v) is 15.4. The van der Waals surface area contributed by atoms with Crippen LogP contribution in [0.2, 0.25) is 0 Å². The van der Waals surface area contributed by atoms with Gasteiger partial charge in [0.2, 0.25) is 11.8 Å². The molecule has 0 bridgehead atoms. The fraction of sp³-hybridized carbons (Fsp3) is 0.471. The predicted octanol–water partition coefficient (Wildman–Crippen LogP) is 1.74. The molecule has 0 aromatic heterocycles. The van der Waals surface area contributed by atoms with E-state index in [9.17, 15) is 23.4 Å². The predicted molar refractivity (Wildman–Crippen MR) is 96.7 cm³/mol. The zero-order valence-electron chi connectivity index (χ0n) is 14.6. The van der Waals surface area contributed by atoms with Crippen molar-refractivity contribution in [3.05, 3.63) is 35.8 Å². The zero-order chi connectivity index (χ0) is 18.9. The minimum absolute atomic E-state index is 0.0633. The smallest absolute Gasteiger partial charge is 0.330 e. The van der Waals surface area contributed by atoms with Gasteiger partial charge in [-0.25, -0.2) is 9.03 Å².